The van der Waals surface area contributed by atoms with Crippen molar-refractivity contribution in [2.24, 2.45) is 0 Å². The van der Waals surface area contributed by atoms with Gasteiger partial charge in [0.05, 0.1) is 11.4 Å². The lowest BCUT2D eigenvalue weighted by Crippen LogP contribution is -2.60. The van der Waals surface area contributed by atoms with Crippen LogP contribution in [-0.2, 0) is 39.7 Å². The van der Waals surface area contributed by atoms with Gasteiger partial charge in [0.25, 0.3) is 11.8 Å². The van der Waals surface area contributed by atoms with E-state index in [0.29, 0.717) is 11.1 Å². The maximum absolute atomic E-state index is 14.7. The Balaban J connectivity index is 1.77. The molecule has 6 rings (SSSR count). The zero-order chi connectivity index (χ0) is 27.0. The molecule has 186 valence electrons. The van der Waals surface area contributed by atoms with Crippen LogP contribution < -0.4 is 9.80 Å². The van der Waals surface area contributed by atoms with E-state index in [0.717, 1.165) is 9.80 Å². The van der Waals surface area contributed by atoms with Gasteiger partial charge in [0, 0.05) is 25.0 Å². The Hall–Kier alpha value is -5.03. The zero-order valence-electron chi connectivity index (χ0n) is 20.4. The Bertz CT molecular complexity index is 1650. The van der Waals surface area contributed by atoms with Crippen LogP contribution in [-0.4, -0.2) is 29.6 Å². The first-order chi connectivity index (χ1) is 18.2. The maximum atomic E-state index is 14.7. The molecule has 0 aliphatic carbocycles. The molecule has 38 heavy (non-hydrogen) atoms. The summed E-state index contributed by atoms with van der Waals surface area (Å²) in [5.41, 5.74) is -2.38. The number of benzene rings is 3. The van der Waals surface area contributed by atoms with E-state index in [1.165, 1.54) is 13.8 Å². The lowest BCUT2D eigenvalue weighted by atomic mass is 9.58. The lowest BCUT2D eigenvalue weighted by molar-refractivity contribution is -0.162. The van der Waals surface area contributed by atoms with Gasteiger partial charge >= 0.3 is 5.97 Å². The Morgan fingerprint density at radius 2 is 1.32 bits per heavy atom. The fourth-order valence-corrected chi connectivity index (χ4v) is 6.30. The summed E-state index contributed by atoms with van der Waals surface area (Å²) in [5.74, 6) is -2.47. The number of fused-ring (bicyclic) bond motifs is 5. The summed E-state index contributed by atoms with van der Waals surface area (Å²) >= 11 is 0. The summed E-state index contributed by atoms with van der Waals surface area (Å²) in [5, 5.41) is 0. The molecule has 3 atom stereocenters. The number of hydrogen-bond donors (Lipinski definition) is 0. The molecule has 0 N–H and O–H groups in total. The summed E-state index contributed by atoms with van der Waals surface area (Å²) in [6.45, 7) is 2.46. The highest BCUT2D eigenvalue weighted by molar-refractivity contribution is 6.31. The second-order valence-corrected chi connectivity index (χ2v) is 9.46. The molecule has 1 fully saturated rings. The number of ether oxygens (including phenoxy) is 1. The third-order valence-corrected chi connectivity index (χ3v) is 7.66. The van der Waals surface area contributed by atoms with E-state index in [1.54, 1.807) is 72.8 Å². The number of nitrogens with zero attached hydrogens (tertiary/aromatic N) is 2. The van der Waals surface area contributed by atoms with Gasteiger partial charge in [-0.3, -0.25) is 24.0 Å². The number of carbonyl (C=O) groups excluding carboxylic acids is 5. The number of amides is 4. The number of carbonyl (C=O) groups is 5. The van der Waals surface area contributed by atoms with Gasteiger partial charge in [0.2, 0.25) is 17.4 Å². The van der Waals surface area contributed by atoms with E-state index >= 15 is 0 Å². The average molecular weight is 504 g/mol. The molecular weight excluding hydrogens is 484 g/mol. The van der Waals surface area contributed by atoms with Crippen LogP contribution >= 0.6 is 0 Å². The van der Waals surface area contributed by atoms with Crippen LogP contribution in [0.1, 0.15) is 42.0 Å². The van der Waals surface area contributed by atoms with Crippen LogP contribution in [0.5, 0.6) is 0 Å². The number of esters is 1. The molecule has 8 nitrogen and oxygen atoms in total. The lowest BCUT2D eigenvalue weighted by Gasteiger charge is -2.38. The molecule has 3 aromatic rings. The van der Waals surface area contributed by atoms with E-state index in [2.05, 4.69) is 5.92 Å². The van der Waals surface area contributed by atoms with Crippen molar-refractivity contribution in [3.63, 3.8) is 0 Å². The third-order valence-electron chi connectivity index (χ3n) is 7.66. The Kier molecular flexibility index (Phi) is 4.76. The molecule has 0 saturated carbocycles. The van der Waals surface area contributed by atoms with Crippen molar-refractivity contribution in [2.45, 2.75) is 30.8 Å². The number of terminal acetylenes is 1. The molecule has 4 amide bonds. The SMILES string of the molecule is C#Cc1ccc([C@@H]2C(=O)O[C@@]3(C(=O)N(C(C)=O)c4ccccc43)[C@]23C(=O)N(C(C)=O)c2ccccc23)cc1. The minimum absolute atomic E-state index is 0.199. The van der Waals surface area contributed by atoms with Crippen LogP contribution in [0.3, 0.4) is 0 Å². The normalized spacial score (nSPS) is 25.0. The van der Waals surface area contributed by atoms with Gasteiger partial charge in [-0.05, 0) is 35.4 Å². The number of hydrogen-bond acceptors (Lipinski definition) is 6. The fourth-order valence-electron chi connectivity index (χ4n) is 6.30. The van der Waals surface area contributed by atoms with Crippen LogP contribution in [0.2, 0.25) is 0 Å². The van der Waals surface area contributed by atoms with Gasteiger partial charge in [0.15, 0.2) is 0 Å². The zero-order valence-corrected chi connectivity index (χ0v) is 20.4. The van der Waals surface area contributed by atoms with E-state index in [-0.39, 0.29) is 22.5 Å². The quantitative estimate of drug-likeness (QED) is 0.373. The van der Waals surface area contributed by atoms with Crippen molar-refractivity contribution in [2.75, 3.05) is 9.80 Å². The van der Waals surface area contributed by atoms with Gasteiger partial charge in [-0.25, -0.2) is 9.80 Å². The minimum atomic E-state index is -2.24. The molecule has 3 heterocycles. The average Bonchev–Trinajstić information content (AvgIpc) is 3.44. The summed E-state index contributed by atoms with van der Waals surface area (Å²) in [7, 11) is 0. The predicted octanol–water partition coefficient (Wildman–Crippen LogP) is 2.93. The van der Waals surface area contributed by atoms with Crippen molar-refractivity contribution in [3.8, 4) is 12.3 Å². The largest absolute Gasteiger partial charge is 0.442 e. The second kappa shape index (κ2) is 7.73. The molecule has 1 saturated heterocycles. The first kappa shape index (κ1) is 23.4. The molecule has 8 heteroatoms. The smallest absolute Gasteiger partial charge is 0.316 e. The van der Waals surface area contributed by atoms with E-state index in [9.17, 15) is 24.0 Å². The monoisotopic (exact) mass is 504 g/mol. The van der Waals surface area contributed by atoms with E-state index in [1.807, 2.05) is 0 Å². The Morgan fingerprint density at radius 3 is 1.89 bits per heavy atom. The van der Waals surface area contributed by atoms with Gasteiger partial charge < -0.3 is 4.74 Å². The standard InChI is InChI=1S/C30H20N2O6/c1-4-19-13-15-20(16-14-19)25-26(35)38-30(22-10-6-8-12-24(22)32(18(3)34)28(30)37)29(25)21-9-5-7-11-23(21)31(17(2)33)27(29)36/h1,5-16,25H,2-3H3/t25-,29+,30+/m1/s1. The van der Waals surface area contributed by atoms with Gasteiger partial charge in [-0.2, -0.15) is 0 Å². The van der Waals surface area contributed by atoms with Crippen LogP contribution in [0.15, 0.2) is 72.8 Å². The fraction of sp³-hybridized carbons (Fsp3) is 0.167. The van der Waals surface area contributed by atoms with Crippen LogP contribution in [0.25, 0.3) is 0 Å². The van der Waals surface area contributed by atoms with Crippen molar-refractivity contribution >= 4 is 41.0 Å². The van der Waals surface area contributed by atoms with E-state index in [4.69, 9.17) is 11.2 Å². The summed E-state index contributed by atoms with van der Waals surface area (Å²) in [4.78, 5) is 70.5. The second-order valence-electron chi connectivity index (χ2n) is 9.46. The highest BCUT2D eigenvalue weighted by Gasteiger charge is 2.82. The summed E-state index contributed by atoms with van der Waals surface area (Å²) in [6, 6.07) is 19.4. The number of anilines is 2. The molecule has 2 spiro atoms. The van der Waals surface area contributed by atoms with Crippen LogP contribution in [0.4, 0.5) is 11.4 Å². The first-order valence-corrected chi connectivity index (χ1v) is 11.9. The molecule has 3 aromatic carbocycles. The van der Waals surface area contributed by atoms with Crippen LogP contribution in [0, 0.1) is 12.3 Å². The molecular formula is C30H20N2O6. The Morgan fingerprint density at radius 1 is 0.789 bits per heavy atom. The van der Waals surface area contributed by atoms with Gasteiger partial charge in [-0.1, -0.05) is 54.5 Å². The van der Waals surface area contributed by atoms with Crippen molar-refractivity contribution in [1.82, 2.24) is 0 Å². The van der Waals surface area contributed by atoms with Gasteiger partial charge in [0.1, 0.15) is 11.3 Å². The first-order valence-electron chi connectivity index (χ1n) is 11.9. The highest BCUT2D eigenvalue weighted by Crippen LogP contribution is 2.67. The summed E-state index contributed by atoms with van der Waals surface area (Å²) < 4.78 is 6.06. The molecule has 0 unspecified atom stereocenters. The number of para-hydroxylation sites is 2. The Labute approximate surface area is 217 Å². The van der Waals surface area contributed by atoms with Gasteiger partial charge in [-0.15, -0.1) is 6.42 Å². The predicted molar refractivity (Wildman–Crippen MR) is 136 cm³/mol. The molecule has 0 bridgehead atoms. The molecule has 0 radical (unpaired) electrons. The van der Waals surface area contributed by atoms with Crippen molar-refractivity contribution < 1.29 is 28.7 Å². The van der Waals surface area contributed by atoms with Crippen molar-refractivity contribution in [1.29, 1.82) is 0 Å². The maximum Gasteiger partial charge on any atom is 0.316 e. The highest BCUT2D eigenvalue weighted by atomic mass is 16.6. The number of imide groups is 2. The molecule has 0 aromatic heterocycles. The summed E-state index contributed by atoms with van der Waals surface area (Å²) in [6.07, 6.45) is 5.52. The molecule has 3 aliphatic rings. The third kappa shape index (κ3) is 2.52. The van der Waals surface area contributed by atoms with Crippen molar-refractivity contribution in [3.05, 3.63) is 95.1 Å². The molecule has 3 aliphatic heterocycles. The topological polar surface area (TPSA) is 101 Å². The van der Waals surface area contributed by atoms with E-state index < -0.39 is 46.5 Å². The minimum Gasteiger partial charge on any atom is -0.442 e. The number of rotatable bonds is 1.